The predicted molar refractivity (Wildman–Crippen MR) is 101 cm³/mol. The number of guanidine groups is 1. The number of fused-ring (bicyclic) bond motifs is 1. The number of carbonyl (C=O) groups is 2. The van der Waals surface area contributed by atoms with E-state index >= 15 is 0 Å². The fourth-order valence-electron chi connectivity index (χ4n) is 4.32. The summed E-state index contributed by atoms with van der Waals surface area (Å²) >= 11 is 0. The second-order valence-corrected chi connectivity index (χ2v) is 8.03. The smallest absolute Gasteiger partial charge is 0.254 e. The minimum atomic E-state index is -0.697. The number of carbonyl (C=O) groups excluding carboxylic acids is 2. The van der Waals surface area contributed by atoms with Gasteiger partial charge in [0.05, 0.1) is 5.69 Å². The van der Waals surface area contributed by atoms with Crippen LogP contribution in [0, 0.1) is 0 Å². The fourth-order valence-corrected chi connectivity index (χ4v) is 4.32. The normalized spacial score (nSPS) is 21.0. The molecule has 8 heteroatoms. The van der Waals surface area contributed by atoms with Crippen molar-refractivity contribution in [3.05, 3.63) is 17.0 Å². The molecule has 3 heterocycles. The lowest BCUT2D eigenvalue weighted by Gasteiger charge is -2.35. The number of piperidine rings is 1. The van der Waals surface area contributed by atoms with Gasteiger partial charge in [-0.1, -0.05) is 0 Å². The van der Waals surface area contributed by atoms with Gasteiger partial charge < -0.3 is 9.80 Å². The molecular formula is C19H28N6O2. The Balaban J connectivity index is 1.33. The molecule has 1 aromatic heterocycles. The lowest BCUT2D eigenvalue weighted by atomic mass is 9.88. The molecule has 1 aliphatic carbocycles. The lowest BCUT2D eigenvalue weighted by molar-refractivity contribution is -0.135. The lowest BCUT2D eigenvalue weighted by Crippen LogP contribution is -2.50. The van der Waals surface area contributed by atoms with Crippen LogP contribution in [0.3, 0.4) is 0 Å². The number of hydrogen-bond acceptors (Lipinski definition) is 5. The highest BCUT2D eigenvalue weighted by atomic mass is 16.2. The van der Waals surface area contributed by atoms with Crippen molar-refractivity contribution in [2.75, 3.05) is 27.2 Å². The third-order valence-corrected chi connectivity index (χ3v) is 6.05. The molecular weight excluding hydrogens is 344 g/mol. The Morgan fingerprint density at radius 2 is 1.96 bits per heavy atom. The van der Waals surface area contributed by atoms with Crippen LogP contribution in [0.2, 0.25) is 0 Å². The molecule has 8 nitrogen and oxygen atoms in total. The van der Waals surface area contributed by atoms with Crippen molar-refractivity contribution >= 4 is 17.8 Å². The summed E-state index contributed by atoms with van der Waals surface area (Å²) in [5.74, 6) is 0.720. The number of nitrogens with one attached hydrogen (secondary N) is 2. The van der Waals surface area contributed by atoms with Crippen molar-refractivity contribution < 1.29 is 9.59 Å². The van der Waals surface area contributed by atoms with Gasteiger partial charge in [0.1, 0.15) is 5.54 Å². The summed E-state index contributed by atoms with van der Waals surface area (Å²) in [7, 11) is 3.73. The van der Waals surface area contributed by atoms with Crippen molar-refractivity contribution in [1.82, 2.24) is 25.3 Å². The van der Waals surface area contributed by atoms with Gasteiger partial charge >= 0.3 is 0 Å². The van der Waals surface area contributed by atoms with Gasteiger partial charge in [-0.05, 0) is 44.1 Å². The van der Waals surface area contributed by atoms with E-state index in [1.807, 2.05) is 23.9 Å². The van der Waals surface area contributed by atoms with Crippen molar-refractivity contribution in [2.45, 2.75) is 56.9 Å². The molecule has 0 saturated carbocycles. The van der Waals surface area contributed by atoms with Crippen molar-refractivity contribution in [3.8, 4) is 0 Å². The average Bonchev–Trinajstić information content (AvgIpc) is 3.22. The van der Waals surface area contributed by atoms with Crippen LogP contribution in [0.1, 0.15) is 49.1 Å². The van der Waals surface area contributed by atoms with Gasteiger partial charge in [0.15, 0.2) is 0 Å². The van der Waals surface area contributed by atoms with E-state index in [4.69, 9.17) is 0 Å². The molecule has 0 aromatic carbocycles. The first-order valence-electron chi connectivity index (χ1n) is 9.90. The van der Waals surface area contributed by atoms with Gasteiger partial charge in [0.25, 0.3) is 5.91 Å². The summed E-state index contributed by atoms with van der Waals surface area (Å²) in [5.41, 5.74) is 2.95. The van der Waals surface area contributed by atoms with Gasteiger partial charge in [-0.25, -0.2) is 4.99 Å². The Morgan fingerprint density at radius 1 is 1.22 bits per heavy atom. The van der Waals surface area contributed by atoms with E-state index in [-0.39, 0.29) is 11.8 Å². The van der Waals surface area contributed by atoms with E-state index in [1.165, 1.54) is 24.1 Å². The number of aromatic amines is 1. The van der Waals surface area contributed by atoms with E-state index < -0.39 is 5.54 Å². The van der Waals surface area contributed by atoms with E-state index in [0.717, 1.165) is 18.5 Å². The van der Waals surface area contributed by atoms with Gasteiger partial charge in [-0.3, -0.25) is 20.0 Å². The van der Waals surface area contributed by atoms with Crippen LogP contribution >= 0.6 is 0 Å². The molecule has 2 aliphatic heterocycles. The second kappa shape index (κ2) is 6.98. The minimum Gasteiger partial charge on any atom is -0.349 e. The largest absolute Gasteiger partial charge is 0.349 e. The molecule has 0 bridgehead atoms. The quantitative estimate of drug-likeness (QED) is 0.814. The molecule has 1 spiro atoms. The maximum atomic E-state index is 12.7. The summed E-state index contributed by atoms with van der Waals surface area (Å²) in [5, 5.41) is 10.4. The summed E-state index contributed by atoms with van der Waals surface area (Å²) in [6.45, 7) is 1.16. The Bertz CT molecular complexity index is 773. The van der Waals surface area contributed by atoms with Crippen molar-refractivity contribution in [1.29, 1.82) is 0 Å². The second-order valence-electron chi connectivity index (χ2n) is 8.03. The van der Waals surface area contributed by atoms with E-state index in [1.54, 1.807) is 0 Å². The highest BCUT2D eigenvalue weighted by molar-refractivity contribution is 6.07. The van der Waals surface area contributed by atoms with Gasteiger partial charge in [-0.2, -0.15) is 5.10 Å². The Labute approximate surface area is 159 Å². The zero-order valence-corrected chi connectivity index (χ0v) is 16.2. The molecule has 146 valence electrons. The number of amides is 2. The van der Waals surface area contributed by atoms with Gasteiger partial charge in [-0.15, -0.1) is 0 Å². The molecule has 3 aliphatic rings. The van der Waals surface area contributed by atoms with E-state index in [0.29, 0.717) is 44.7 Å². The number of aryl methyl sites for hydroxylation is 2. The maximum absolute atomic E-state index is 12.7. The molecule has 1 saturated heterocycles. The standard InChI is InChI=1S/C19H28N6O2/c1-24(2)18-20-17(27)19(21-18)9-11-25(12-10-19)16(26)8-7-15-13-5-3-4-6-14(13)22-23-15/h3-12H2,1-2H3,(H,22,23)(H,20,21,27). The molecule has 2 N–H and O–H groups in total. The molecule has 1 aromatic rings. The van der Waals surface area contributed by atoms with Crippen LogP contribution in [0.4, 0.5) is 0 Å². The van der Waals surface area contributed by atoms with Crippen molar-refractivity contribution in [3.63, 3.8) is 0 Å². The number of nitrogens with zero attached hydrogens (tertiary/aromatic N) is 4. The molecule has 0 atom stereocenters. The highest BCUT2D eigenvalue weighted by Crippen LogP contribution is 2.30. The Kier molecular flexibility index (Phi) is 4.65. The van der Waals surface area contributed by atoms with E-state index in [9.17, 15) is 9.59 Å². The van der Waals surface area contributed by atoms with Gasteiger partial charge in [0.2, 0.25) is 11.9 Å². The number of likely N-dealkylation sites (tertiary alicyclic amines) is 1. The minimum absolute atomic E-state index is 0.0403. The molecule has 27 heavy (non-hydrogen) atoms. The molecule has 0 unspecified atom stereocenters. The molecule has 1 fully saturated rings. The topological polar surface area (TPSA) is 93.7 Å². The molecule has 4 rings (SSSR count). The third kappa shape index (κ3) is 3.33. The SMILES string of the molecule is CN(C)C1=NC2(CCN(C(=O)CCc3n[nH]c4c3CCCC4)CC2)C(=O)N1. The summed E-state index contributed by atoms with van der Waals surface area (Å²) in [6, 6.07) is 0. The number of rotatable bonds is 3. The van der Waals surface area contributed by atoms with E-state index in [2.05, 4.69) is 20.5 Å². The van der Waals surface area contributed by atoms with Crippen LogP contribution in [0.15, 0.2) is 4.99 Å². The Hall–Kier alpha value is -2.38. The third-order valence-electron chi connectivity index (χ3n) is 6.05. The number of hydrogen-bond donors (Lipinski definition) is 2. The average molecular weight is 372 g/mol. The fraction of sp³-hybridized carbons (Fsp3) is 0.684. The van der Waals surface area contributed by atoms with Crippen LogP contribution in [-0.2, 0) is 28.9 Å². The highest BCUT2D eigenvalue weighted by Gasteiger charge is 2.46. The number of aromatic nitrogens is 2. The molecule has 2 amide bonds. The first-order chi connectivity index (χ1) is 13.0. The predicted octanol–water partition coefficient (Wildman–Crippen LogP) is 0.630. The number of aliphatic imine (C=N–C) groups is 1. The zero-order valence-electron chi connectivity index (χ0n) is 16.2. The van der Waals surface area contributed by atoms with Crippen LogP contribution in [0.5, 0.6) is 0 Å². The van der Waals surface area contributed by atoms with Gasteiger partial charge in [0, 0.05) is 45.7 Å². The van der Waals surface area contributed by atoms with Crippen LogP contribution in [-0.4, -0.2) is 70.5 Å². The van der Waals surface area contributed by atoms with Crippen LogP contribution in [0.25, 0.3) is 0 Å². The number of H-pyrrole nitrogens is 1. The summed E-state index contributed by atoms with van der Waals surface area (Å²) in [6.07, 6.45) is 6.90. The van der Waals surface area contributed by atoms with Crippen molar-refractivity contribution in [2.24, 2.45) is 4.99 Å². The van der Waals surface area contributed by atoms with Crippen LogP contribution < -0.4 is 5.32 Å². The first-order valence-corrected chi connectivity index (χ1v) is 9.90. The first kappa shape index (κ1) is 18.0. The zero-order chi connectivity index (χ0) is 19.0. The maximum Gasteiger partial charge on any atom is 0.254 e. The molecule has 0 radical (unpaired) electrons. The monoisotopic (exact) mass is 372 g/mol. The summed E-state index contributed by atoms with van der Waals surface area (Å²) < 4.78 is 0. The summed E-state index contributed by atoms with van der Waals surface area (Å²) in [4.78, 5) is 33.4. The Morgan fingerprint density at radius 3 is 2.67 bits per heavy atom.